The van der Waals surface area contributed by atoms with Gasteiger partial charge in [-0.25, -0.2) is 4.39 Å². The Morgan fingerprint density at radius 1 is 1.40 bits per heavy atom. The minimum Gasteiger partial charge on any atom is -0.310 e. The van der Waals surface area contributed by atoms with Gasteiger partial charge in [0, 0.05) is 25.0 Å². The molecule has 0 radical (unpaired) electrons. The molecule has 0 amide bonds. The van der Waals surface area contributed by atoms with Crippen LogP contribution in [0.2, 0.25) is 0 Å². The number of nitrogens with one attached hydrogen (secondary N) is 1. The van der Waals surface area contributed by atoms with Gasteiger partial charge in [-0.1, -0.05) is 13.0 Å². The minimum atomic E-state index is -0.226. The van der Waals surface area contributed by atoms with E-state index in [2.05, 4.69) is 33.3 Å². The van der Waals surface area contributed by atoms with E-state index in [4.69, 9.17) is 0 Å². The van der Waals surface area contributed by atoms with Crippen LogP contribution in [0.15, 0.2) is 34.9 Å². The van der Waals surface area contributed by atoms with E-state index in [0.717, 1.165) is 24.9 Å². The van der Waals surface area contributed by atoms with Crippen molar-refractivity contribution in [2.75, 3.05) is 6.54 Å². The molecule has 3 nitrogen and oxygen atoms in total. The zero-order valence-electron chi connectivity index (χ0n) is 11.7. The SMILES string of the molecule is CCNC(CCc1ccnn1C)c1ccc(F)c(Br)c1. The molecule has 0 saturated heterocycles. The smallest absolute Gasteiger partial charge is 0.137 e. The van der Waals surface area contributed by atoms with Crippen LogP contribution in [0.4, 0.5) is 4.39 Å². The zero-order valence-corrected chi connectivity index (χ0v) is 13.3. The Balaban J connectivity index is 2.10. The molecule has 0 fully saturated rings. The summed E-state index contributed by atoms with van der Waals surface area (Å²) in [4.78, 5) is 0. The van der Waals surface area contributed by atoms with Crippen LogP contribution < -0.4 is 5.32 Å². The van der Waals surface area contributed by atoms with Crippen molar-refractivity contribution in [1.29, 1.82) is 0 Å². The van der Waals surface area contributed by atoms with Crippen LogP contribution in [-0.4, -0.2) is 16.3 Å². The number of rotatable bonds is 6. The summed E-state index contributed by atoms with van der Waals surface area (Å²) < 4.78 is 15.7. The average Bonchev–Trinajstić information content (AvgIpc) is 2.83. The van der Waals surface area contributed by atoms with Crippen molar-refractivity contribution in [2.24, 2.45) is 7.05 Å². The minimum absolute atomic E-state index is 0.215. The van der Waals surface area contributed by atoms with Crippen molar-refractivity contribution >= 4 is 15.9 Å². The molecule has 0 aliphatic heterocycles. The monoisotopic (exact) mass is 339 g/mol. The van der Waals surface area contributed by atoms with Crippen molar-refractivity contribution in [3.8, 4) is 0 Å². The molecular weight excluding hydrogens is 321 g/mol. The summed E-state index contributed by atoms with van der Waals surface area (Å²) in [6, 6.07) is 7.45. The van der Waals surface area contributed by atoms with Gasteiger partial charge in [-0.05, 0) is 59.1 Å². The zero-order chi connectivity index (χ0) is 14.5. The lowest BCUT2D eigenvalue weighted by Crippen LogP contribution is -2.22. The molecule has 1 unspecified atom stereocenters. The van der Waals surface area contributed by atoms with Crippen LogP contribution in [0.1, 0.15) is 30.6 Å². The van der Waals surface area contributed by atoms with Gasteiger partial charge in [-0.15, -0.1) is 0 Å². The summed E-state index contributed by atoms with van der Waals surface area (Å²) in [5.41, 5.74) is 2.30. The fraction of sp³-hybridized carbons (Fsp3) is 0.400. The number of aromatic nitrogens is 2. The first-order valence-electron chi connectivity index (χ1n) is 6.77. The normalized spacial score (nSPS) is 12.6. The lowest BCUT2D eigenvalue weighted by molar-refractivity contribution is 0.504. The van der Waals surface area contributed by atoms with Gasteiger partial charge in [-0.3, -0.25) is 4.68 Å². The fourth-order valence-corrected chi connectivity index (χ4v) is 2.70. The van der Waals surface area contributed by atoms with Crippen LogP contribution in [0.25, 0.3) is 0 Å². The van der Waals surface area contributed by atoms with Crippen molar-refractivity contribution in [3.63, 3.8) is 0 Å². The molecule has 0 bridgehead atoms. The summed E-state index contributed by atoms with van der Waals surface area (Å²) in [5, 5.41) is 7.63. The number of halogens is 2. The lowest BCUT2D eigenvalue weighted by atomic mass is 10.0. The Morgan fingerprint density at radius 2 is 2.20 bits per heavy atom. The third-order valence-electron chi connectivity index (χ3n) is 3.41. The van der Waals surface area contributed by atoms with Crippen LogP contribution in [0.3, 0.4) is 0 Å². The third kappa shape index (κ3) is 3.67. The molecule has 1 N–H and O–H groups in total. The van der Waals surface area contributed by atoms with Crippen molar-refractivity contribution in [1.82, 2.24) is 15.1 Å². The Morgan fingerprint density at radius 3 is 2.80 bits per heavy atom. The molecule has 2 rings (SSSR count). The van der Waals surface area contributed by atoms with Gasteiger partial charge in [0.1, 0.15) is 5.82 Å². The Bertz CT molecular complexity index is 568. The van der Waals surface area contributed by atoms with E-state index in [9.17, 15) is 4.39 Å². The maximum absolute atomic E-state index is 13.3. The first-order valence-corrected chi connectivity index (χ1v) is 7.56. The van der Waals surface area contributed by atoms with Crippen molar-refractivity contribution in [2.45, 2.75) is 25.8 Å². The van der Waals surface area contributed by atoms with E-state index in [0.29, 0.717) is 4.47 Å². The van der Waals surface area contributed by atoms with Gasteiger partial charge >= 0.3 is 0 Å². The van der Waals surface area contributed by atoms with Gasteiger partial charge < -0.3 is 5.32 Å². The van der Waals surface area contributed by atoms with Crippen molar-refractivity contribution in [3.05, 3.63) is 52.0 Å². The van der Waals surface area contributed by atoms with E-state index in [1.165, 1.54) is 11.8 Å². The molecule has 2 aromatic rings. The van der Waals surface area contributed by atoms with Gasteiger partial charge in [-0.2, -0.15) is 5.10 Å². The molecule has 0 spiro atoms. The number of hydrogen-bond donors (Lipinski definition) is 1. The van der Waals surface area contributed by atoms with Crippen LogP contribution in [0, 0.1) is 5.82 Å². The number of benzene rings is 1. The highest BCUT2D eigenvalue weighted by Crippen LogP contribution is 2.24. The summed E-state index contributed by atoms with van der Waals surface area (Å²) >= 11 is 3.25. The quantitative estimate of drug-likeness (QED) is 0.871. The maximum Gasteiger partial charge on any atom is 0.137 e. The van der Waals surface area contributed by atoms with Gasteiger partial charge in [0.2, 0.25) is 0 Å². The largest absolute Gasteiger partial charge is 0.310 e. The van der Waals surface area contributed by atoms with E-state index in [-0.39, 0.29) is 11.9 Å². The fourth-order valence-electron chi connectivity index (χ4n) is 2.30. The lowest BCUT2D eigenvalue weighted by Gasteiger charge is -2.19. The first-order chi connectivity index (χ1) is 9.61. The summed E-state index contributed by atoms with van der Waals surface area (Å²) in [6.45, 7) is 2.96. The third-order valence-corrected chi connectivity index (χ3v) is 4.02. The first kappa shape index (κ1) is 15.2. The molecule has 5 heteroatoms. The summed E-state index contributed by atoms with van der Waals surface area (Å²) in [6.07, 6.45) is 3.70. The second kappa shape index (κ2) is 6.99. The average molecular weight is 340 g/mol. The number of aryl methyl sites for hydroxylation is 2. The molecule has 0 saturated carbocycles. The van der Waals surface area contributed by atoms with E-state index in [1.54, 1.807) is 0 Å². The molecular formula is C15H19BrFN3. The Hall–Kier alpha value is -1.20. The molecule has 1 aromatic carbocycles. The molecule has 0 aliphatic rings. The van der Waals surface area contributed by atoms with Gasteiger partial charge in [0.05, 0.1) is 4.47 Å². The molecule has 20 heavy (non-hydrogen) atoms. The number of hydrogen-bond acceptors (Lipinski definition) is 2. The highest BCUT2D eigenvalue weighted by atomic mass is 79.9. The van der Waals surface area contributed by atoms with E-state index < -0.39 is 0 Å². The molecule has 1 aromatic heterocycles. The van der Waals surface area contributed by atoms with Gasteiger partial charge in [0.25, 0.3) is 0 Å². The van der Waals surface area contributed by atoms with Crippen molar-refractivity contribution < 1.29 is 4.39 Å². The summed E-state index contributed by atoms with van der Waals surface area (Å²) in [7, 11) is 1.95. The van der Waals surface area contributed by atoms with E-state index in [1.807, 2.05) is 36.1 Å². The highest BCUT2D eigenvalue weighted by molar-refractivity contribution is 9.10. The molecule has 0 aliphatic carbocycles. The van der Waals surface area contributed by atoms with Crippen LogP contribution in [0.5, 0.6) is 0 Å². The number of nitrogens with zero attached hydrogens (tertiary/aromatic N) is 2. The predicted molar refractivity (Wildman–Crippen MR) is 82.0 cm³/mol. The topological polar surface area (TPSA) is 29.9 Å². The summed E-state index contributed by atoms with van der Waals surface area (Å²) in [5.74, 6) is -0.226. The standard InChI is InChI=1S/C15H19BrFN3/c1-3-18-15(7-5-12-8-9-19-20(12)2)11-4-6-14(17)13(16)10-11/h4,6,8-10,15,18H,3,5,7H2,1-2H3. The van der Waals surface area contributed by atoms with Gasteiger partial charge in [0.15, 0.2) is 0 Å². The molecule has 108 valence electrons. The molecule has 1 heterocycles. The van der Waals surface area contributed by atoms with Crippen LogP contribution >= 0.6 is 15.9 Å². The second-order valence-electron chi connectivity index (χ2n) is 4.77. The Kier molecular flexibility index (Phi) is 5.31. The Labute approximate surface area is 127 Å². The van der Waals surface area contributed by atoms with E-state index >= 15 is 0 Å². The predicted octanol–water partition coefficient (Wildman–Crippen LogP) is 3.61. The van der Waals surface area contributed by atoms with Crippen LogP contribution in [-0.2, 0) is 13.5 Å². The maximum atomic E-state index is 13.3. The highest BCUT2D eigenvalue weighted by Gasteiger charge is 2.13. The molecule has 1 atom stereocenters. The second-order valence-corrected chi connectivity index (χ2v) is 5.62.